The molecule has 0 N–H and O–H groups in total. The highest BCUT2D eigenvalue weighted by atomic mass is 32.2. The van der Waals surface area contributed by atoms with E-state index in [4.69, 9.17) is 0 Å². The van der Waals surface area contributed by atoms with Crippen LogP contribution in [-0.4, -0.2) is 9.55 Å². The standard InChI is InChI=1S/C14H6F4N2S/c15-9-6-5-21-14-19-7-3-1-2-4-8(7)20(14)13(6)12(18)11(17)10(9)16/h1-4H,5H2. The van der Waals surface area contributed by atoms with Crippen LogP contribution in [0.4, 0.5) is 17.6 Å². The molecule has 2 nitrogen and oxygen atoms in total. The summed E-state index contributed by atoms with van der Waals surface area (Å²) in [6.07, 6.45) is 0. The number of hydrogen-bond donors (Lipinski definition) is 0. The number of thioether (sulfide) groups is 1. The third kappa shape index (κ3) is 1.58. The summed E-state index contributed by atoms with van der Waals surface area (Å²) in [6.45, 7) is 0. The fourth-order valence-electron chi connectivity index (χ4n) is 2.48. The van der Waals surface area contributed by atoms with Crippen LogP contribution >= 0.6 is 11.8 Å². The molecule has 0 unspecified atom stereocenters. The molecule has 0 bridgehead atoms. The molecule has 0 saturated heterocycles. The molecule has 4 rings (SSSR count). The fourth-order valence-corrected chi connectivity index (χ4v) is 3.50. The highest BCUT2D eigenvalue weighted by Crippen LogP contribution is 2.40. The molecule has 2 aromatic carbocycles. The van der Waals surface area contributed by atoms with E-state index in [0.717, 1.165) is 11.8 Å². The Hall–Kier alpha value is -2.02. The van der Waals surface area contributed by atoms with E-state index in [0.29, 0.717) is 16.2 Å². The Balaban J connectivity index is 2.18. The predicted molar refractivity (Wildman–Crippen MR) is 70.5 cm³/mol. The van der Waals surface area contributed by atoms with Crippen LogP contribution in [0.15, 0.2) is 29.4 Å². The summed E-state index contributed by atoms with van der Waals surface area (Å²) in [7, 11) is 0. The third-order valence-electron chi connectivity index (χ3n) is 3.44. The molecule has 2 heterocycles. The second-order valence-electron chi connectivity index (χ2n) is 4.59. The Kier molecular flexibility index (Phi) is 2.56. The smallest absolute Gasteiger partial charge is 0.199 e. The molecule has 0 saturated carbocycles. The summed E-state index contributed by atoms with van der Waals surface area (Å²) >= 11 is 1.15. The van der Waals surface area contributed by atoms with Crippen LogP contribution in [0.5, 0.6) is 0 Å². The average Bonchev–Trinajstić information content (AvgIpc) is 2.88. The van der Waals surface area contributed by atoms with E-state index >= 15 is 0 Å². The van der Waals surface area contributed by atoms with Crippen molar-refractivity contribution >= 4 is 22.8 Å². The van der Waals surface area contributed by atoms with E-state index in [1.807, 2.05) is 0 Å². The molecule has 0 spiro atoms. The normalized spacial score (nSPS) is 13.3. The number of rotatable bonds is 0. The van der Waals surface area contributed by atoms with E-state index in [-0.39, 0.29) is 17.0 Å². The van der Waals surface area contributed by atoms with Crippen molar-refractivity contribution in [2.24, 2.45) is 0 Å². The van der Waals surface area contributed by atoms with Crippen molar-refractivity contribution in [3.05, 3.63) is 53.1 Å². The van der Waals surface area contributed by atoms with Gasteiger partial charge in [0.15, 0.2) is 28.4 Å². The number of nitrogens with zero attached hydrogens (tertiary/aromatic N) is 2. The minimum absolute atomic E-state index is 0.00138. The molecule has 1 aliphatic heterocycles. The number of benzene rings is 2. The maximum absolute atomic E-state index is 14.2. The Morgan fingerprint density at radius 3 is 2.48 bits per heavy atom. The van der Waals surface area contributed by atoms with Crippen molar-refractivity contribution < 1.29 is 17.6 Å². The molecule has 7 heteroatoms. The van der Waals surface area contributed by atoms with Crippen LogP contribution in [-0.2, 0) is 5.75 Å². The number of aromatic nitrogens is 2. The van der Waals surface area contributed by atoms with E-state index in [1.165, 1.54) is 4.57 Å². The van der Waals surface area contributed by atoms with E-state index in [1.54, 1.807) is 24.3 Å². The van der Waals surface area contributed by atoms with Gasteiger partial charge >= 0.3 is 0 Å². The van der Waals surface area contributed by atoms with E-state index in [9.17, 15) is 17.6 Å². The number of imidazole rings is 1. The van der Waals surface area contributed by atoms with Crippen molar-refractivity contribution in [3.63, 3.8) is 0 Å². The first kappa shape index (κ1) is 12.7. The topological polar surface area (TPSA) is 17.8 Å². The molecule has 0 fully saturated rings. The monoisotopic (exact) mass is 310 g/mol. The van der Waals surface area contributed by atoms with Gasteiger partial charge in [-0.1, -0.05) is 23.9 Å². The van der Waals surface area contributed by atoms with Gasteiger partial charge in [-0.25, -0.2) is 22.5 Å². The van der Waals surface area contributed by atoms with Gasteiger partial charge in [0.05, 0.1) is 16.7 Å². The zero-order valence-corrected chi connectivity index (χ0v) is 11.1. The van der Waals surface area contributed by atoms with Gasteiger partial charge in [0.2, 0.25) is 0 Å². The van der Waals surface area contributed by atoms with Gasteiger partial charge in [-0.05, 0) is 12.1 Å². The lowest BCUT2D eigenvalue weighted by atomic mass is 10.1. The second kappa shape index (κ2) is 4.24. The molecule has 0 radical (unpaired) electrons. The molecule has 0 aliphatic carbocycles. The highest BCUT2D eigenvalue weighted by molar-refractivity contribution is 7.98. The largest absolute Gasteiger partial charge is 0.284 e. The van der Waals surface area contributed by atoms with Crippen molar-refractivity contribution in [1.82, 2.24) is 9.55 Å². The first-order valence-corrected chi connectivity index (χ1v) is 7.03. The van der Waals surface area contributed by atoms with Crippen LogP contribution in [0, 0.1) is 23.3 Å². The molecule has 106 valence electrons. The lowest BCUT2D eigenvalue weighted by Crippen LogP contribution is -2.14. The number of hydrogen-bond acceptors (Lipinski definition) is 2. The minimum atomic E-state index is -1.80. The summed E-state index contributed by atoms with van der Waals surface area (Å²) in [6, 6.07) is 6.86. The Labute approximate surface area is 120 Å². The summed E-state index contributed by atoms with van der Waals surface area (Å²) in [5.41, 5.74) is 0.614. The van der Waals surface area contributed by atoms with Crippen LogP contribution < -0.4 is 0 Å². The molecule has 21 heavy (non-hydrogen) atoms. The second-order valence-corrected chi connectivity index (χ2v) is 5.53. The van der Waals surface area contributed by atoms with Gasteiger partial charge in [0, 0.05) is 11.3 Å². The van der Waals surface area contributed by atoms with Gasteiger partial charge in [0.25, 0.3) is 0 Å². The minimum Gasteiger partial charge on any atom is -0.284 e. The van der Waals surface area contributed by atoms with Crippen molar-refractivity contribution in [2.75, 3.05) is 0 Å². The maximum atomic E-state index is 14.2. The average molecular weight is 310 g/mol. The maximum Gasteiger partial charge on any atom is 0.199 e. The van der Waals surface area contributed by atoms with Gasteiger partial charge in [-0.15, -0.1) is 0 Å². The first-order chi connectivity index (χ1) is 10.1. The number of para-hydroxylation sites is 2. The van der Waals surface area contributed by atoms with Crippen LogP contribution in [0.25, 0.3) is 16.7 Å². The summed E-state index contributed by atoms with van der Waals surface area (Å²) in [5.74, 6) is -6.33. The van der Waals surface area contributed by atoms with Crippen molar-refractivity contribution in [1.29, 1.82) is 0 Å². The molecule has 3 aromatic rings. The first-order valence-electron chi connectivity index (χ1n) is 6.05. The zero-order valence-electron chi connectivity index (χ0n) is 10.3. The zero-order chi connectivity index (χ0) is 14.7. The number of fused-ring (bicyclic) bond motifs is 5. The summed E-state index contributed by atoms with van der Waals surface area (Å²) < 4.78 is 56.3. The highest BCUT2D eigenvalue weighted by Gasteiger charge is 2.31. The summed E-state index contributed by atoms with van der Waals surface area (Å²) in [4.78, 5) is 4.30. The van der Waals surface area contributed by atoms with Crippen LogP contribution in [0.3, 0.4) is 0 Å². The third-order valence-corrected chi connectivity index (χ3v) is 4.40. The fraction of sp³-hybridized carbons (Fsp3) is 0.0714. The van der Waals surface area contributed by atoms with E-state index < -0.39 is 23.3 Å². The van der Waals surface area contributed by atoms with Gasteiger partial charge in [-0.3, -0.25) is 4.57 Å². The van der Waals surface area contributed by atoms with Crippen LogP contribution in [0.2, 0.25) is 0 Å². The molecule has 0 amide bonds. The van der Waals surface area contributed by atoms with Gasteiger partial charge in [0.1, 0.15) is 0 Å². The Bertz CT molecular complexity index is 904. The van der Waals surface area contributed by atoms with E-state index in [2.05, 4.69) is 4.98 Å². The predicted octanol–water partition coefficient (Wildman–Crippen LogP) is 4.19. The molecular weight excluding hydrogens is 304 g/mol. The number of halogens is 4. The molecule has 0 atom stereocenters. The van der Waals surface area contributed by atoms with Crippen molar-refractivity contribution in [3.8, 4) is 5.69 Å². The Morgan fingerprint density at radius 1 is 0.952 bits per heavy atom. The quantitative estimate of drug-likeness (QED) is 0.352. The van der Waals surface area contributed by atoms with Crippen molar-refractivity contribution in [2.45, 2.75) is 10.9 Å². The summed E-state index contributed by atoms with van der Waals surface area (Å²) in [5, 5.41) is 0.424. The SMILES string of the molecule is Fc1c(F)c(F)c2c(c1F)CSc1nc3ccccc3n1-2. The Morgan fingerprint density at radius 2 is 1.67 bits per heavy atom. The molecular formula is C14H6F4N2S. The lowest BCUT2D eigenvalue weighted by Gasteiger charge is -2.20. The molecule has 1 aliphatic rings. The lowest BCUT2D eigenvalue weighted by molar-refractivity contribution is 0.402. The van der Waals surface area contributed by atoms with Crippen LogP contribution in [0.1, 0.15) is 5.56 Å². The van der Waals surface area contributed by atoms with Gasteiger partial charge < -0.3 is 0 Å². The van der Waals surface area contributed by atoms with Gasteiger partial charge in [-0.2, -0.15) is 0 Å². The molecule has 1 aromatic heterocycles.